The molecule has 2 aromatic heterocycles. The molecule has 0 unspecified atom stereocenters. The number of ether oxygens (including phenoxy) is 1. The second-order valence-electron chi connectivity index (χ2n) is 10.5. The van der Waals surface area contributed by atoms with Crippen molar-refractivity contribution in [3.05, 3.63) is 133 Å². The Bertz CT molecular complexity index is 2300. The zero-order valence-corrected chi connectivity index (χ0v) is 21.6. The van der Waals surface area contributed by atoms with Crippen molar-refractivity contribution in [3.63, 3.8) is 0 Å². The maximum atomic E-state index is 14.1. The summed E-state index contributed by atoms with van der Waals surface area (Å²) in [6, 6.07) is 38.5. The van der Waals surface area contributed by atoms with E-state index in [0.29, 0.717) is 10.8 Å². The number of hydrogen-bond acceptors (Lipinski definition) is 1. The normalized spacial score (nSPS) is 12.3. The molecule has 194 valence electrons. The van der Waals surface area contributed by atoms with Crippen LogP contribution in [0.5, 0.6) is 11.5 Å². The molecule has 0 atom stereocenters. The summed E-state index contributed by atoms with van der Waals surface area (Å²) < 4.78 is 39.0. The Morgan fingerprint density at radius 1 is 0.463 bits per heavy atom. The third-order valence-electron chi connectivity index (χ3n) is 8.23. The van der Waals surface area contributed by atoms with E-state index in [1.807, 2.05) is 28.8 Å². The fourth-order valence-electron chi connectivity index (χ4n) is 6.45. The molecule has 0 spiro atoms. The Kier molecular flexibility index (Phi) is 4.40. The van der Waals surface area contributed by atoms with Crippen LogP contribution in [-0.4, -0.2) is 9.13 Å². The zero-order chi connectivity index (χ0) is 27.2. The van der Waals surface area contributed by atoms with Crippen LogP contribution in [0.2, 0.25) is 0 Å². The molecule has 3 nitrogen and oxygen atoms in total. The van der Waals surface area contributed by atoms with Crippen LogP contribution in [0, 0.1) is 11.6 Å². The molecule has 5 heteroatoms. The first-order valence-electron chi connectivity index (χ1n) is 13.5. The van der Waals surface area contributed by atoms with Gasteiger partial charge in [0.05, 0.1) is 27.8 Å². The molecule has 0 radical (unpaired) electrons. The highest BCUT2D eigenvalue weighted by molar-refractivity contribution is 6.12. The molecule has 41 heavy (non-hydrogen) atoms. The number of hydrogen-bond donors (Lipinski definition) is 0. The van der Waals surface area contributed by atoms with E-state index >= 15 is 0 Å². The van der Waals surface area contributed by atoms with Crippen LogP contribution in [0.4, 0.5) is 8.78 Å². The van der Waals surface area contributed by atoms with Crippen molar-refractivity contribution in [1.82, 2.24) is 9.13 Å². The molecular formula is C36H20F2N2O. The Balaban J connectivity index is 1.17. The van der Waals surface area contributed by atoms with Crippen LogP contribution in [-0.2, 0) is 0 Å². The van der Waals surface area contributed by atoms with Gasteiger partial charge in [-0.3, -0.25) is 0 Å². The van der Waals surface area contributed by atoms with Crippen molar-refractivity contribution in [3.8, 4) is 34.0 Å². The standard InChI is InChI=1S/C36H20F2N2O/c37-23-11-16-31-28(19-23)29-20-24(38)12-17-32(29)39(31)25-13-8-21(9-14-25)22-10-15-33-35(18-22)41-34-7-3-5-27-26-4-1-2-6-30(26)40(33)36(27)34/h1-20H. The lowest BCUT2D eigenvalue weighted by atomic mass is 10.0. The molecule has 3 heterocycles. The summed E-state index contributed by atoms with van der Waals surface area (Å²) in [4.78, 5) is 0. The van der Waals surface area contributed by atoms with E-state index in [-0.39, 0.29) is 11.6 Å². The van der Waals surface area contributed by atoms with Crippen molar-refractivity contribution in [1.29, 1.82) is 0 Å². The van der Waals surface area contributed by atoms with Gasteiger partial charge in [-0.15, -0.1) is 0 Å². The molecule has 9 rings (SSSR count). The van der Waals surface area contributed by atoms with Gasteiger partial charge in [0, 0.05) is 27.2 Å². The highest BCUT2D eigenvalue weighted by Gasteiger charge is 2.24. The average molecular weight is 535 g/mol. The summed E-state index contributed by atoms with van der Waals surface area (Å²) in [5.41, 5.74) is 7.90. The highest BCUT2D eigenvalue weighted by Crippen LogP contribution is 2.46. The van der Waals surface area contributed by atoms with Crippen molar-refractivity contribution >= 4 is 43.6 Å². The van der Waals surface area contributed by atoms with Gasteiger partial charge in [0.1, 0.15) is 11.6 Å². The van der Waals surface area contributed by atoms with Gasteiger partial charge in [0.25, 0.3) is 0 Å². The zero-order valence-electron chi connectivity index (χ0n) is 21.6. The predicted molar refractivity (Wildman–Crippen MR) is 161 cm³/mol. The fourth-order valence-corrected chi connectivity index (χ4v) is 6.45. The monoisotopic (exact) mass is 534 g/mol. The van der Waals surface area contributed by atoms with Gasteiger partial charge in [-0.25, -0.2) is 8.78 Å². The minimum absolute atomic E-state index is 0.345. The van der Waals surface area contributed by atoms with Crippen LogP contribution >= 0.6 is 0 Å². The fraction of sp³-hybridized carbons (Fsp3) is 0. The van der Waals surface area contributed by atoms with E-state index in [1.54, 1.807) is 12.1 Å². The molecule has 0 bridgehead atoms. The summed E-state index contributed by atoms with van der Waals surface area (Å²) in [6.07, 6.45) is 0. The molecule has 0 amide bonds. The van der Waals surface area contributed by atoms with Crippen LogP contribution in [0.15, 0.2) is 121 Å². The average Bonchev–Trinajstić information content (AvgIpc) is 3.51. The molecule has 0 saturated heterocycles. The maximum Gasteiger partial charge on any atom is 0.152 e. The molecule has 0 N–H and O–H groups in total. The molecule has 1 aliphatic heterocycles. The van der Waals surface area contributed by atoms with Gasteiger partial charge in [-0.1, -0.05) is 48.5 Å². The lowest BCUT2D eigenvalue weighted by Gasteiger charge is -2.21. The van der Waals surface area contributed by atoms with Crippen LogP contribution < -0.4 is 4.74 Å². The van der Waals surface area contributed by atoms with Crippen molar-refractivity contribution in [2.75, 3.05) is 0 Å². The molecule has 0 fully saturated rings. The van der Waals surface area contributed by atoms with Crippen LogP contribution in [0.25, 0.3) is 66.1 Å². The summed E-state index contributed by atoms with van der Waals surface area (Å²) in [7, 11) is 0. The van der Waals surface area contributed by atoms with E-state index in [2.05, 4.69) is 65.2 Å². The largest absolute Gasteiger partial charge is 0.453 e. The topological polar surface area (TPSA) is 19.1 Å². The quantitative estimate of drug-likeness (QED) is 0.216. The number of rotatable bonds is 2. The van der Waals surface area contributed by atoms with Crippen molar-refractivity contribution < 1.29 is 13.5 Å². The molecule has 8 aromatic rings. The predicted octanol–water partition coefficient (Wildman–Crippen LogP) is 9.93. The SMILES string of the molecule is Fc1ccc2c(c1)c1cc(F)ccc1n2-c1ccc(-c2ccc3c(c2)Oc2cccc4c5ccccc5n-3c24)cc1. The van der Waals surface area contributed by atoms with Gasteiger partial charge < -0.3 is 13.9 Å². The van der Waals surface area contributed by atoms with Gasteiger partial charge in [0.15, 0.2) is 11.5 Å². The first kappa shape index (κ1) is 22.4. The van der Waals surface area contributed by atoms with E-state index < -0.39 is 0 Å². The van der Waals surface area contributed by atoms with E-state index in [4.69, 9.17) is 4.74 Å². The Hall–Kier alpha value is -5.42. The summed E-state index contributed by atoms with van der Waals surface area (Å²) in [5, 5.41) is 3.75. The lowest BCUT2D eigenvalue weighted by molar-refractivity contribution is 0.476. The maximum absolute atomic E-state index is 14.1. The van der Waals surface area contributed by atoms with Crippen molar-refractivity contribution in [2.45, 2.75) is 0 Å². The molecule has 1 aliphatic rings. The minimum atomic E-state index is -0.345. The summed E-state index contributed by atoms with van der Waals surface area (Å²) in [5.74, 6) is 0.960. The van der Waals surface area contributed by atoms with Gasteiger partial charge in [0.2, 0.25) is 0 Å². The van der Waals surface area contributed by atoms with Crippen LogP contribution in [0.1, 0.15) is 0 Å². The minimum Gasteiger partial charge on any atom is -0.453 e. The third kappa shape index (κ3) is 3.11. The molecule has 6 aromatic carbocycles. The Morgan fingerprint density at radius 3 is 1.88 bits per heavy atom. The first-order valence-corrected chi connectivity index (χ1v) is 13.5. The third-order valence-corrected chi connectivity index (χ3v) is 8.23. The Labute approximate surface area is 233 Å². The Morgan fingerprint density at radius 2 is 1.12 bits per heavy atom. The number of fused-ring (bicyclic) bond motifs is 8. The summed E-state index contributed by atoms with van der Waals surface area (Å²) >= 11 is 0. The number of aromatic nitrogens is 2. The van der Waals surface area contributed by atoms with Crippen LogP contribution in [0.3, 0.4) is 0 Å². The smallest absolute Gasteiger partial charge is 0.152 e. The number of nitrogens with zero attached hydrogens (tertiary/aromatic N) is 2. The molecular weight excluding hydrogens is 514 g/mol. The van der Waals surface area contributed by atoms with E-state index in [1.165, 1.54) is 35.0 Å². The van der Waals surface area contributed by atoms with E-state index in [0.717, 1.165) is 56.1 Å². The highest BCUT2D eigenvalue weighted by atomic mass is 19.1. The first-order chi connectivity index (χ1) is 20.1. The second kappa shape index (κ2) is 8.05. The number of halogens is 2. The molecule has 0 saturated carbocycles. The van der Waals surface area contributed by atoms with E-state index in [9.17, 15) is 8.78 Å². The van der Waals surface area contributed by atoms with Crippen molar-refractivity contribution in [2.24, 2.45) is 0 Å². The van der Waals surface area contributed by atoms with Gasteiger partial charge in [-0.2, -0.15) is 0 Å². The lowest BCUT2D eigenvalue weighted by Crippen LogP contribution is -2.04. The van der Waals surface area contributed by atoms with Gasteiger partial charge in [-0.05, 0) is 83.9 Å². The number of benzene rings is 6. The summed E-state index contributed by atoms with van der Waals surface area (Å²) in [6.45, 7) is 0. The number of para-hydroxylation sites is 2. The van der Waals surface area contributed by atoms with Gasteiger partial charge >= 0.3 is 0 Å². The molecule has 0 aliphatic carbocycles. The second-order valence-corrected chi connectivity index (χ2v) is 10.5.